The number of para-hydroxylation sites is 4. The van der Waals surface area contributed by atoms with Crippen LogP contribution in [0.4, 0.5) is 0 Å². The molecule has 1 aliphatic rings. The number of nitrogens with zero attached hydrogens (tertiary/aromatic N) is 1. The van der Waals surface area contributed by atoms with Crippen LogP contribution in [0.25, 0.3) is 0 Å². The highest BCUT2D eigenvalue weighted by Crippen LogP contribution is 2.32. The monoisotopic (exact) mass is 541 g/mol. The Morgan fingerprint density at radius 3 is 1.62 bits per heavy atom. The second-order valence-electron chi connectivity index (χ2n) is 10.2. The zero-order valence-electron chi connectivity index (χ0n) is 24.1. The lowest BCUT2D eigenvalue weighted by Gasteiger charge is -2.34. The number of amides is 1. The number of hydrogen-bond donors (Lipinski definition) is 0. The number of rotatable bonds is 13. The highest BCUT2D eigenvalue weighted by atomic mass is 16.6. The summed E-state index contributed by atoms with van der Waals surface area (Å²) < 4.78 is 31.1. The number of fused-ring (bicyclic) bond motifs is 2. The van der Waals surface area contributed by atoms with E-state index in [4.69, 9.17) is 23.7 Å². The normalized spacial score (nSPS) is 14.9. The molecule has 0 saturated carbocycles. The van der Waals surface area contributed by atoms with Gasteiger partial charge >= 0.3 is 0 Å². The molecule has 3 rings (SSSR count). The van der Waals surface area contributed by atoms with Crippen LogP contribution in [0.3, 0.4) is 0 Å². The van der Waals surface area contributed by atoms with Gasteiger partial charge in [0.15, 0.2) is 23.0 Å². The van der Waals surface area contributed by atoms with E-state index in [1.165, 1.54) is 0 Å². The van der Waals surface area contributed by atoms with Gasteiger partial charge in [-0.05, 0) is 43.5 Å². The van der Waals surface area contributed by atoms with E-state index >= 15 is 0 Å². The van der Waals surface area contributed by atoms with Crippen molar-refractivity contribution in [1.82, 2.24) is 4.90 Å². The number of carbonyl (C=O) groups is 1. The molecule has 7 heteroatoms. The van der Waals surface area contributed by atoms with Crippen LogP contribution in [0.2, 0.25) is 0 Å². The highest BCUT2D eigenvalue weighted by Gasteiger charge is 2.35. The summed E-state index contributed by atoms with van der Waals surface area (Å²) in [5, 5.41) is 0. The molecule has 39 heavy (non-hydrogen) atoms. The van der Waals surface area contributed by atoms with E-state index in [0.717, 1.165) is 58.0 Å². The van der Waals surface area contributed by atoms with Crippen LogP contribution < -0.4 is 18.9 Å². The molecule has 2 aromatic rings. The molecule has 1 heterocycles. The molecule has 1 aliphatic heterocycles. The van der Waals surface area contributed by atoms with Crippen LogP contribution in [0.1, 0.15) is 72.1 Å². The molecule has 0 aliphatic carbocycles. The Morgan fingerprint density at radius 2 is 1.18 bits per heavy atom. The average Bonchev–Trinajstić information content (AvgIpc) is 2.97. The molecule has 0 bridgehead atoms. The van der Waals surface area contributed by atoms with E-state index in [-0.39, 0.29) is 25.7 Å². The van der Waals surface area contributed by atoms with Crippen molar-refractivity contribution in [1.29, 1.82) is 0 Å². The number of carbonyl (C=O) groups excluding carboxylic acids is 1. The highest BCUT2D eigenvalue weighted by molar-refractivity contribution is 5.77. The minimum Gasteiger partial charge on any atom is -0.487 e. The fourth-order valence-electron chi connectivity index (χ4n) is 4.67. The first-order valence-electron chi connectivity index (χ1n) is 14.7. The van der Waals surface area contributed by atoms with Crippen molar-refractivity contribution >= 4 is 5.91 Å². The van der Waals surface area contributed by atoms with Crippen molar-refractivity contribution in [3.63, 3.8) is 0 Å². The van der Waals surface area contributed by atoms with Crippen LogP contribution in [-0.4, -0.2) is 62.5 Å². The summed E-state index contributed by atoms with van der Waals surface area (Å²) in [5.41, 5.74) is -0.836. The lowest BCUT2D eigenvalue weighted by molar-refractivity contribution is -0.151. The van der Waals surface area contributed by atoms with Gasteiger partial charge in [-0.2, -0.15) is 0 Å². The third-order valence-corrected chi connectivity index (χ3v) is 6.90. The molecule has 1 amide bonds. The van der Waals surface area contributed by atoms with E-state index in [1.54, 1.807) is 0 Å². The average molecular weight is 542 g/mol. The Kier molecular flexibility index (Phi) is 13.3. The molecule has 0 atom stereocenters. The second kappa shape index (κ2) is 16.9. The number of hydrogen-bond acceptors (Lipinski definition) is 6. The van der Waals surface area contributed by atoms with Gasteiger partial charge in [-0.3, -0.25) is 4.79 Å². The van der Waals surface area contributed by atoms with Gasteiger partial charge in [0.1, 0.15) is 38.6 Å². The summed E-state index contributed by atoms with van der Waals surface area (Å²) in [6.07, 6.45) is 8.00. The maximum Gasteiger partial charge on any atom is 0.248 e. The van der Waals surface area contributed by atoms with E-state index in [9.17, 15) is 4.79 Å². The number of unbranched alkanes of at least 4 members (excludes halogenated alkanes) is 4. The molecule has 7 nitrogen and oxygen atoms in total. The zero-order chi connectivity index (χ0) is 27.8. The summed E-state index contributed by atoms with van der Waals surface area (Å²) in [5.74, 6) is 2.58. The van der Waals surface area contributed by atoms with E-state index in [1.807, 2.05) is 53.4 Å². The molecule has 0 spiro atoms. The van der Waals surface area contributed by atoms with Crippen molar-refractivity contribution < 1.29 is 28.5 Å². The second-order valence-corrected chi connectivity index (χ2v) is 10.2. The van der Waals surface area contributed by atoms with Gasteiger partial charge in [0.25, 0.3) is 0 Å². The Bertz CT molecular complexity index is 917. The summed E-state index contributed by atoms with van der Waals surface area (Å²) in [6.45, 7) is 9.17. The third kappa shape index (κ3) is 9.95. The zero-order valence-corrected chi connectivity index (χ0v) is 24.1. The van der Waals surface area contributed by atoms with Gasteiger partial charge in [0.05, 0.1) is 0 Å². The smallest absolute Gasteiger partial charge is 0.248 e. The van der Waals surface area contributed by atoms with Crippen LogP contribution >= 0.6 is 0 Å². The summed E-state index contributed by atoms with van der Waals surface area (Å²) >= 11 is 0. The lowest BCUT2D eigenvalue weighted by atomic mass is 9.99. The van der Waals surface area contributed by atoms with Gasteiger partial charge in [-0.25, -0.2) is 0 Å². The standard InChI is InChI=1S/C32H47NO6/c1-4-7-13-20-33(21-14-8-5-2)31(34)24-39-32(19-6-3)25-37-29-17-11-9-15-27(29)35-22-23-36-28-16-10-12-18-30(28)38-26-32/h9-12,15-18H,4-8,13-14,19-26H2,1-3H3. The van der Waals surface area contributed by atoms with Crippen molar-refractivity contribution in [2.24, 2.45) is 0 Å². The first-order chi connectivity index (χ1) is 19.1. The maximum absolute atomic E-state index is 13.4. The van der Waals surface area contributed by atoms with Crippen LogP contribution in [0, 0.1) is 0 Å². The molecule has 2 aromatic carbocycles. The Labute approximate surface area is 234 Å². The topological polar surface area (TPSA) is 66.5 Å². The first-order valence-corrected chi connectivity index (χ1v) is 14.7. The van der Waals surface area contributed by atoms with Crippen molar-refractivity contribution in [3.05, 3.63) is 48.5 Å². The molecule has 0 N–H and O–H groups in total. The predicted octanol–water partition coefficient (Wildman–Crippen LogP) is 6.68. The van der Waals surface area contributed by atoms with Gasteiger partial charge in [-0.1, -0.05) is 77.1 Å². The molecule has 0 aromatic heterocycles. The summed E-state index contributed by atoms with van der Waals surface area (Å²) in [4.78, 5) is 15.4. The molecule has 0 fully saturated rings. The van der Waals surface area contributed by atoms with Crippen molar-refractivity contribution in [2.75, 3.05) is 46.1 Å². The predicted molar refractivity (Wildman–Crippen MR) is 154 cm³/mol. The third-order valence-electron chi connectivity index (χ3n) is 6.90. The quantitative estimate of drug-likeness (QED) is 0.264. The van der Waals surface area contributed by atoms with Gasteiger partial charge in [-0.15, -0.1) is 0 Å². The molecule has 0 radical (unpaired) electrons. The number of benzene rings is 2. The SMILES string of the molecule is CCCCCN(CCCCC)C(=O)COC1(CCC)COc2ccccc2OCCOc2ccccc2OC1. The van der Waals surface area contributed by atoms with Crippen molar-refractivity contribution in [2.45, 2.75) is 77.7 Å². The van der Waals surface area contributed by atoms with Gasteiger partial charge < -0.3 is 28.6 Å². The minimum atomic E-state index is -0.836. The first kappa shape index (κ1) is 30.6. The van der Waals surface area contributed by atoms with Crippen LogP contribution in [0.15, 0.2) is 48.5 Å². The molecule has 0 unspecified atom stereocenters. The van der Waals surface area contributed by atoms with E-state index in [0.29, 0.717) is 42.6 Å². The molecule has 216 valence electrons. The van der Waals surface area contributed by atoms with Gasteiger partial charge in [0, 0.05) is 13.1 Å². The Balaban J connectivity index is 1.82. The Hall–Kier alpha value is -2.93. The Morgan fingerprint density at radius 1 is 0.718 bits per heavy atom. The largest absolute Gasteiger partial charge is 0.487 e. The summed E-state index contributed by atoms with van der Waals surface area (Å²) in [7, 11) is 0. The fraction of sp³-hybridized carbons (Fsp3) is 0.594. The number of ether oxygens (including phenoxy) is 5. The lowest BCUT2D eigenvalue weighted by Crippen LogP contribution is -2.47. The molecular weight excluding hydrogens is 494 g/mol. The fourth-order valence-corrected chi connectivity index (χ4v) is 4.67. The van der Waals surface area contributed by atoms with Crippen LogP contribution in [-0.2, 0) is 9.53 Å². The van der Waals surface area contributed by atoms with Crippen molar-refractivity contribution in [3.8, 4) is 23.0 Å². The maximum atomic E-state index is 13.4. The van der Waals surface area contributed by atoms with E-state index < -0.39 is 5.60 Å². The molecular formula is C32H47NO6. The van der Waals surface area contributed by atoms with Crippen LogP contribution in [0.5, 0.6) is 23.0 Å². The van der Waals surface area contributed by atoms with Gasteiger partial charge in [0.2, 0.25) is 5.91 Å². The summed E-state index contributed by atoms with van der Waals surface area (Å²) in [6, 6.07) is 15.2. The van der Waals surface area contributed by atoms with E-state index in [2.05, 4.69) is 20.8 Å². The molecule has 0 saturated heterocycles. The minimum absolute atomic E-state index is 0.0126.